The molecule has 0 fully saturated rings. The van der Waals surface area contributed by atoms with Gasteiger partial charge in [-0.25, -0.2) is 4.98 Å². The predicted octanol–water partition coefficient (Wildman–Crippen LogP) is 0.337. The van der Waals surface area contributed by atoms with E-state index in [0.717, 1.165) is 0 Å². The summed E-state index contributed by atoms with van der Waals surface area (Å²) in [5.41, 5.74) is 0.234. The van der Waals surface area contributed by atoms with E-state index in [2.05, 4.69) is 4.98 Å². The molecule has 0 saturated heterocycles. The van der Waals surface area contributed by atoms with Gasteiger partial charge in [0.1, 0.15) is 5.69 Å². The minimum atomic E-state index is -0.393. The number of carbonyl (C=O) groups is 1. The Hall–Kier alpha value is -1.52. The fourth-order valence-corrected chi connectivity index (χ4v) is 0.738. The van der Waals surface area contributed by atoms with Gasteiger partial charge in [-0.2, -0.15) is 0 Å². The normalized spacial score (nSPS) is 10.0. The van der Waals surface area contributed by atoms with Crippen molar-refractivity contribution in [3.8, 4) is 5.88 Å². The highest BCUT2D eigenvalue weighted by molar-refractivity contribution is 5.90. The average Bonchev–Trinajstić information content (AvgIpc) is 2.17. The van der Waals surface area contributed by atoms with Crippen LogP contribution in [0.2, 0.25) is 0 Å². The molecule has 0 aliphatic carbocycles. The molecule has 1 heterocycles. The third kappa shape index (κ3) is 1.04. The summed E-state index contributed by atoms with van der Waals surface area (Å²) in [6, 6.07) is 0. The van der Waals surface area contributed by atoms with Gasteiger partial charge in [0.25, 0.3) is 0 Å². The van der Waals surface area contributed by atoms with Crippen LogP contribution in [0, 0.1) is 6.92 Å². The van der Waals surface area contributed by atoms with Gasteiger partial charge in [-0.05, 0) is 6.92 Å². The fourth-order valence-electron chi connectivity index (χ4n) is 0.738. The van der Waals surface area contributed by atoms with E-state index in [1.54, 1.807) is 0 Å². The molecule has 0 amide bonds. The van der Waals surface area contributed by atoms with Crippen LogP contribution in [0.15, 0.2) is 0 Å². The smallest absolute Gasteiger partial charge is 0.249 e. The standard InChI is InChI=1S/C6H8N2O3/c1-3-6(10)8(11)5(7-3)4(2)9/h10-11H,1-2H3. The van der Waals surface area contributed by atoms with Gasteiger partial charge in [0.15, 0.2) is 5.78 Å². The number of imidazole rings is 1. The van der Waals surface area contributed by atoms with Crippen LogP contribution in [0.4, 0.5) is 0 Å². The van der Waals surface area contributed by atoms with E-state index in [9.17, 15) is 4.79 Å². The Bertz CT molecular complexity index is 303. The van der Waals surface area contributed by atoms with E-state index in [1.807, 2.05) is 0 Å². The number of Topliss-reactive ketones (excluding diaryl/α,β-unsaturated/α-hetero) is 1. The van der Waals surface area contributed by atoms with Gasteiger partial charge in [-0.15, -0.1) is 4.73 Å². The summed E-state index contributed by atoms with van der Waals surface area (Å²) in [7, 11) is 0. The summed E-state index contributed by atoms with van der Waals surface area (Å²) in [5.74, 6) is -0.939. The molecule has 60 valence electrons. The van der Waals surface area contributed by atoms with E-state index in [0.29, 0.717) is 4.73 Å². The maximum atomic E-state index is 10.7. The summed E-state index contributed by atoms with van der Waals surface area (Å²) < 4.78 is 0.373. The maximum absolute atomic E-state index is 10.7. The van der Waals surface area contributed by atoms with Crippen LogP contribution in [-0.4, -0.2) is 25.8 Å². The van der Waals surface area contributed by atoms with Gasteiger partial charge < -0.3 is 10.3 Å². The van der Waals surface area contributed by atoms with Crippen molar-refractivity contribution in [3.63, 3.8) is 0 Å². The molecular weight excluding hydrogens is 148 g/mol. The summed E-state index contributed by atoms with van der Waals surface area (Å²) in [6.45, 7) is 2.75. The Morgan fingerprint density at radius 2 is 2.18 bits per heavy atom. The van der Waals surface area contributed by atoms with Crippen molar-refractivity contribution >= 4 is 5.78 Å². The second kappa shape index (κ2) is 2.26. The Morgan fingerprint density at radius 3 is 2.36 bits per heavy atom. The second-order valence-corrected chi connectivity index (χ2v) is 2.21. The van der Waals surface area contributed by atoms with E-state index in [1.165, 1.54) is 13.8 Å². The van der Waals surface area contributed by atoms with Crippen LogP contribution in [0.1, 0.15) is 23.2 Å². The van der Waals surface area contributed by atoms with Gasteiger partial charge in [0.2, 0.25) is 11.7 Å². The van der Waals surface area contributed by atoms with Crippen molar-refractivity contribution in [2.24, 2.45) is 0 Å². The average molecular weight is 156 g/mol. The lowest BCUT2D eigenvalue weighted by Gasteiger charge is -1.93. The summed E-state index contributed by atoms with van der Waals surface area (Å²) in [4.78, 5) is 14.3. The Labute approximate surface area is 62.9 Å². The zero-order chi connectivity index (χ0) is 8.59. The molecule has 1 aromatic heterocycles. The lowest BCUT2D eigenvalue weighted by Crippen LogP contribution is -2.03. The lowest BCUT2D eigenvalue weighted by atomic mass is 10.4. The third-order valence-electron chi connectivity index (χ3n) is 1.31. The highest BCUT2D eigenvalue weighted by Crippen LogP contribution is 2.15. The first-order chi connectivity index (χ1) is 5.04. The quantitative estimate of drug-likeness (QED) is 0.454. The minimum Gasteiger partial charge on any atom is -0.491 e. The van der Waals surface area contributed by atoms with E-state index < -0.39 is 11.7 Å². The molecular formula is C6H8N2O3. The van der Waals surface area contributed by atoms with Crippen molar-refractivity contribution in [3.05, 3.63) is 11.5 Å². The van der Waals surface area contributed by atoms with Crippen molar-refractivity contribution < 1.29 is 15.1 Å². The zero-order valence-corrected chi connectivity index (χ0v) is 6.20. The van der Waals surface area contributed by atoms with Crippen molar-refractivity contribution in [1.29, 1.82) is 0 Å². The molecule has 0 unspecified atom stereocenters. The molecule has 5 nitrogen and oxygen atoms in total. The van der Waals surface area contributed by atoms with Crippen LogP contribution in [-0.2, 0) is 0 Å². The Morgan fingerprint density at radius 1 is 1.64 bits per heavy atom. The number of aromatic hydroxyl groups is 1. The van der Waals surface area contributed by atoms with Crippen LogP contribution >= 0.6 is 0 Å². The van der Waals surface area contributed by atoms with Crippen LogP contribution < -0.4 is 0 Å². The molecule has 0 radical (unpaired) electrons. The number of aromatic nitrogens is 2. The fraction of sp³-hybridized carbons (Fsp3) is 0.333. The first kappa shape index (κ1) is 7.59. The predicted molar refractivity (Wildman–Crippen MR) is 35.8 cm³/mol. The maximum Gasteiger partial charge on any atom is 0.249 e. The second-order valence-electron chi connectivity index (χ2n) is 2.21. The van der Waals surface area contributed by atoms with Crippen LogP contribution in [0.5, 0.6) is 5.88 Å². The third-order valence-corrected chi connectivity index (χ3v) is 1.31. The first-order valence-electron chi connectivity index (χ1n) is 3.02. The summed E-state index contributed by atoms with van der Waals surface area (Å²) in [6.07, 6.45) is 0. The SMILES string of the molecule is CC(=O)c1nc(C)c(O)n1O. The molecule has 2 N–H and O–H groups in total. The topological polar surface area (TPSA) is 75.3 Å². The number of aryl methyl sites for hydroxylation is 1. The molecule has 5 heteroatoms. The van der Waals surface area contributed by atoms with Crippen molar-refractivity contribution in [2.45, 2.75) is 13.8 Å². The number of ketones is 1. The molecule has 0 aliphatic rings. The molecule has 11 heavy (non-hydrogen) atoms. The number of carbonyl (C=O) groups excluding carboxylic acids is 1. The molecule has 0 aliphatic heterocycles. The highest BCUT2D eigenvalue weighted by Gasteiger charge is 2.15. The number of hydrogen-bond donors (Lipinski definition) is 2. The van der Waals surface area contributed by atoms with E-state index in [-0.39, 0.29) is 11.5 Å². The lowest BCUT2D eigenvalue weighted by molar-refractivity contribution is 0.0934. The van der Waals surface area contributed by atoms with Gasteiger partial charge >= 0.3 is 0 Å². The zero-order valence-electron chi connectivity index (χ0n) is 6.20. The molecule has 0 spiro atoms. The Balaban J connectivity index is 3.29. The minimum absolute atomic E-state index is 0.153. The monoisotopic (exact) mass is 156 g/mol. The first-order valence-corrected chi connectivity index (χ1v) is 3.02. The largest absolute Gasteiger partial charge is 0.491 e. The molecule has 1 rings (SSSR count). The van der Waals surface area contributed by atoms with Crippen LogP contribution in [0.3, 0.4) is 0 Å². The molecule has 0 saturated carbocycles. The molecule has 0 bridgehead atoms. The van der Waals surface area contributed by atoms with Gasteiger partial charge in [-0.1, -0.05) is 0 Å². The molecule has 0 atom stereocenters. The van der Waals surface area contributed by atoms with Crippen LogP contribution in [0.25, 0.3) is 0 Å². The summed E-state index contributed by atoms with van der Waals surface area (Å²) >= 11 is 0. The van der Waals surface area contributed by atoms with Crippen molar-refractivity contribution in [1.82, 2.24) is 9.71 Å². The Kier molecular flexibility index (Phi) is 1.56. The number of rotatable bonds is 1. The van der Waals surface area contributed by atoms with Gasteiger partial charge in [-0.3, -0.25) is 4.79 Å². The van der Waals surface area contributed by atoms with E-state index in [4.69, 9.17) is 10.3 Å². The molecule has 0 aromatic carbocycles. The van der Waals surface area contributed by atoms with Gasteiger partial charge in [0.05, 0.1) is 0 Å². The van der Waals surface area contributed by atoms with E-state index >= 15 is 0 Å². The summed E-state index contributed by atoms with van der Waals surface area (Å²) in [5, 5.41) is 17.9. The molecule has 1 aromatic rings. The van der Waals surface area contributed by atoms with Crippen molar-refractivity contribution in [2.75, 3.05) is 0 Å². The highest BCUT2D eigenvalue weighted by atomic mass is 16.5. The number of nitrogens with zero attached hydrogens (tertiary/aromatic N) is 2. The van der Waals surface area contributed by atoms with Gasteiger partial charge in [0, 0.05) is 6.92 Å². The number of hydrogen-bond acceptors (Lipinski definition) is 4.